The number of rotatable bonds is 3. The second-order valence-corrected chi connectivity index (χ2v) is 4.47. The Hall–Kier alpha value is -2.40. The molecule has 0 amide bonds. The summed E-state index contributed by atoms with van der Waals surface area (Å²) in [7, 11) is 0. The van der Waals surface area contributed by atoms with Crippen LogP contribution in [0.15, 0.2) is 42.9 Å². The molecular weight excluding hydrogens is 278 g/mol. The SMILES string of the molecule is CC.Nc1ccc(Oc2ncncc2C2=CCOCC2)cc1. The van der Waals surface area contributed by atoms with Gasteiger partial charge in [0.05, 0.1) is 18.8 Å². The van der Waals surface area contributed by atoms with Crippen LogP contribution in [0.4, 0.5) is 5.69 Å². The van der Waals surface area contributed by atoms with E-state index < -0.39 is 0 Å². The summed E-state index contributed by atoms with van der Waals surface area (Å²) < 4.78 is 11.2. The molecule has 0 fully saturated rings. The fraction of sp³-hybridized carbons (Fsp3) is 0.294. The largest absolute Gasteiger partial charge is 0.438 e. The standard InChI is InChI=1S/C15H15N3O2.C2H6/c16-12-1-3-13(4-2-12)20-15-14(9-17-10-18-15)11-5-7-19-8-6-11;1-2/h1-5,9-10H,6-8,16H2;1-2H3. The predicted molar refractivity (Wildman–Crippen MR) is 87.7 cm³/mol. The first-order chi connectivity index (χ1) is 10.8. The molecule has 0 saturated heterocycles. The van der Waals surface area contributed by atoms with Gasteiger partial charge in [-0.05, 0) is 36.3 Å². The minimum Gasteiger partial charge on any atom is -0.438 e. The van der Waals surface area contributed by atoms with Gasteiger partial charge in [-0.15, -0.1) is 0 Å². The summed E-state index contributed by atoms with van der Waals surface area (Å²) in [5.74, 6) is 1.25. The number of aromatic nitrogens is 2. The monoisotopic (exact) mass is 299 g/mol. The first-order valence-electron chi connectivity index (χ1n) is 7.43. The minimum atomic E-state index is 0.554. The summed E-state index contributed by atoms with van der Waals surface area (Å²) in [6.07, 6.45) is 6.14. The molecular formula is C17H21N3O2. The fourth-order valence-electron chi connectivity index (χ4n) is 2.04. The van der Waals surface area contributed by atoms with Gasteiger partial charge in [0.2, 0.25) is 5.88 Å². The summed E-state index contributed by atoms with van der Waals surface area (Å²) in [5.41, 5.74) is 8.43. The van der Waals surface area contributed by atoms with Gasteiger partial charge in [0.25, 0.3) is 0 Å². The first kappa shape index (κ1) is 16.0. The van der Waals surface area contributed by atoms with Crippen LogP contribution in [-0.2, 0) is 4.74 Å². The molecule has 1 aliphatic rings. The van der Waals surface area contributed by atoms with Crippen LogP contribution in [0, 0.1) is 0 Å². The van der Waals surface area contributed by atoms with E-state index in [2.05, 4.69) is 9.97 Å². The van der Waals surface area contributed by atoms with E-state index >= 15 is 0 Å². The third-order valence-corrected chi connectivity index (χ3v) is 3.08. The second-order valence-electron chi connectivity index (χ2n) is 4.47. The van der Waals surface area contributed by atoms with Crippen molar-refractivity contribution in [2.45, 2.75) is 20.3 Å². The van der Waals surface area contributed by atoms with Crippen molar-refractivity contribution >= 4 is 11.3 Å². The van der Waals surface area contributed by atoms with Crippen LogP contribution in [0.1, 0.15) is 25.8 Å². The van der Waals surface area contributed by atoms with E-state index in [9.17, 15) is 0 Å². The highest BCUT2D eigenvalue weighted by atomic mass is 16.5. The Morgan fingerprint density at radius 3 is 2.64 bits per heavy atom. The van der Waals surface area contributed by atoms with E-state index in [4.69, 9.17) is 15.2 Å². The fourth-order valence-corrected chi connectivity index (χ4v) is 2.04. The van der Waals surface area contributed by atoms with Crippen molar-refractivity contribution in [2.75, 3.05) is 18.9 Å². The van der Waals surface area contributed by atoms with E-state index in [1.165, 1.54) is 6.33 Å². The van der Waals surface area contributed by atoms with E-state index in [0.29, 0.717) is 30.5 Å². The average molecular weight is 299 g/mol. The van der Waals surface area contributed by atoms with Crippen LogP contribution >= 0.6 is 0 Å². The van der Waals surface area contributed by atoms with Crippen molar-refractivity contribution in [2.24, 2.45) is 0 Å². The molecule has 116 valence electrons. The van der Waals surface area contributed by atoms with Crippen LogP contribution in [0.5, 0.6) is 11.6 Å². The number of anilines is 1. The third kappa shape index (κ3) is 4.05. The minimum absolute atomic E-state index is 0.554. The van der Waals surface area contributed by atoms with Gasteiger partial charge in [-0.2, -0.15) is 0 Å². The molecule has 2 N–H and O–H groups in total. The normalized spacial score (nSPS) is 13.6. The zero-order valence-electron chi connectivity index (χ0n) is 13.0. The lowest BCUT2D eigenvalue weighted by Gasteiger charge is -2.15. The van der Waals surface area contributed by atoms with Crippen molar-refractivity contribution in [3.63, 3.8) is 0 Å². The van der Waals surface area contributed by atoms with Crippen LogP contribution in [0.2, 0.25) is 0 Å². The predicted octanol–water partition coefficient (Wildman–Crippen LogP) is 3.68. The molecule has 2 heterocycles. The molecule has 0 bridgehead atoms. The Morgan fingerprint density at radius 2 is 1.95 bits per heavy atom. The molecule has 3 rings (SSSR count). The van der Waals surface area contributed by atoms with Gasteiger partial charge in [-0.25, -0.2) is 9.97 Å². The smallest absolute Gasteiger partial charge is 0.229 e. The first-order valence-corrected chi connectivity index (χ1v) is 7.43. The maximum Gasteiger partial charge on any atom is 0.229 e. The number of hydrogen-bond donors (Lipinski definition) is 1. The summed E-state index contributed by atoms with van der Waals surface area (Å²) in [6, 6.07) is 7.23. The molecule has 5 nitrogen and oxygen atoms in total. The highest BCUT2D eigenvalue weighted by molar-refractivity contribution is 5.69. The Labute approximate surface area is 130 Å². The highest BCUT2D eigenvalue weighted by Gasteiger charge is 2.13. The van der Waals surface area contributed by atoms with Gasteiger partial charge in [0, 0.05) is 11.9 Å². The van der Waals surface area contributed by atoms with Crippen molar-refractivity contribution in [3.05, 3.63) is 48.4 Å². The van der Waals surface area contributed by atoms with Gasteiger partial charge < -0.3 is 15.2 Å². The van der Waals surface area contributed by atoms with Gasteiger partial charge in [-0.3, -0.25) is 0 Å². The summed E-state index contributed by atoms with van der Waals surface area (Å²) >= 11 is 0. The number of nitrogen functional groups attached to an aromatic ring is 1. The summed E-state index contributed by atoms with van der Waals surface area (Å²) in [4.78, 5) is 8.31. The van der Waals surface area contributed by atoms with Crippen molar-refractivity contribution in [3.8, 4) is 11.6 Å². The van der Waals surface area contributed by atoms with E-state index in [1.54, 1.807) is 18.3 Å². The van der Waals surface area contributed by atoms with E-state index in [1.807, 2.05) is 32.1 Å². The van der Waals surface area contributed by atoms with Crippen LogP contribution < -0.4 is 10.5 Å². The molecule has 0 aliphatic carbocycles. The van der Waals surface area contributed by atoms with E-state index in [0.717, 1.165) is 17.6 Å². The third-order valence-electron chi connectivity index (χ3n) is 3.08. The van der Waals surface area contributed by atoms with Gasteiger partial charge in [-0.1, -0.05) is 19.9 Å². The van der Waals surface area contributed by atoms with E-state index in [-0.39, 0.29) is 0 Å². The zero-order valence-corrected chi connectivity index (χ0v) is 13.0. The Kier molecular flexibility index (Phi) is 5.91. The maximum absolute atomic E-state index is 5.83. The summed E-state index contributed by atoms with van der Waals surface area (Å²) in [6.45, 7) is 5.33. The Morgan fingerprint density at radius 1 is 1.18 bits per heavy atom. The molecule has 1 aliphatic heterocycles. The topological polar surface area (TPSA) is 70.3 Å². The Balaban J connectivity index is 0.000000847. The number of benzene rings is 1. The molecule has 1 aromatic heterocycles. The van der Waals surface area contributed by atoms with Crippen LogP contribution in [0.3, 0.4) is 0 Å². The molecule has 0 atom stereocenters. The second kappa shape index (κ2) is 8.14. The lowest BCUT2D eigenvalue weighted by Crippen LogP contribution is -2.05. The number of hydrogen-bond acceptors (Lipinski definition) is 5. The molecule has 1 aromatic carbocycles. The quantitative estimate of drug-likeness (QED) is 0.875. The molecule has 22 heavy (non-hydrogen) atoms. The molecule has 2 aromatic rings. The Bertz CT molecular complexity index is 624. The molecule has 0 radical (unpaired) electrons. The average Bonchev–Trinajstić information content (AvgIpc) is 2.60. The molecule has 0 unspecified atom stereocenters. The lowest BCUT2D eigenvalue weighted by atomic mass is 10.0. The van der Waals surface area contributed by atoms with Gasteiger partial charge in [0.15, 0.2) is 0 Å². The van der Waals surface area contributed by atoms with Crippen molar-refractivity contribution < 1.29 is 9.47 Å². The number of nitrogens with two attached hydrogens (primary N) is 1. The molecule has 0 saturated carbocycles. The molecule has 0 spiro atoms. The van der Waals surface area contributed by atoms with Gasteiger partial charge >= 0.3 is 0 Å². The summed E-state index contributed by atoms with van der Waals surface area (Å²) in [5, 5.41) is 0. The van der Waals surface area contributed by atoms with Crippen molar-refractivity contribution in [1.82, 2.24) is 9.97 Å². The lowest BCUT2D eigenvalue weighted by molar-refractivity contribution is 0.161. The van der Waals surface area contributed by atoms with Crippen LogP contribution in [0.25, 0.3) is 5.57 Å². The van der Waals surface area contributed by atoms with Crippen LogP contribution in [-0.4, -0.2) is 23.2 Å². The van der Waals surface area contributed by atoms with Gasteiger partial charge in [0.1, 0.15) is 12.1 Å². The van der Waals surface area contributed by atoms with Crippen molar-refractivity contribution in [1.29, 1.82) is 0 Å². The molecule has 5 heteroatoms. The number of ether oxygens (including phenoxy) is 2. The maximum atomic E-state index is 5.83. The zero-order chi connectivity index (χ0) is 15.8. The number of nitrogens with zero attached hydrogens (tertiary/aromatic N) is 2. The highest BCUT2D eigenvalue weighted by Crippen LogP contribution is 2.30.